The molecule has 1 aromatic carbocycles. The lowest BCUT2D eigenvalue weighted by atomic mass is 10.1. The number of benzene rings is 1. The highest BCUT2D eigenvalue weighted by atomic mass is 16.7. The minimum atomic E-state index is -0.671. The number of H-pyrrole nitrogens is 1. The molecule has 3 rings (SSSR count). The smallest absolute Gasteiger partial charge is 0.343 e. The third-order valence-electron chi connectivity index (χ3n) is 2.78. The number of rotatable bonds is 1. The van der Waals surface area contributed by atoms with Gasteiger partial charge in [-0.15, -0.1) is 0 Å². The second-order valence-corrected chi connectivity index (χ2v) is 3.77. The van der Waals surface area contributed by atoms with Crippen LogP contribution in [0.3, 0.4) is 0 Å². The van der Waals surface area contributed by atoms with Crippen LogP contribution in [0.15, 0.2) is 23.1 Å². The van der Waals surface area contributed by atoms with E-state index in [2.05, 4.69) is 9.72 Å². The summed E-state index contributed by atoms with van der Waals surface area (Å²) in [7, 11) is 1.23. The van der Waals surface area contributed by atoms with E-state index in [1.54, 1.807) is 12.1 Å². The molecule has 1 aliphatic rings. The van der Waals surface area contributed by atoms with Crippen molar-refractivity contribution in [2.45, 2.75) is 0 Å². The van der Waals surface area contributed by atoms with E-state index in [4.69, 9.17) is 9.47 Å². The Labute approximate surface area is 101 Å². The van der Waals surface area contributed by atoms with Gasteiger partial charge in [-0.05, 0) is 6.07 Å². The van der Waals surface area contributed by atoms with Crippen molar-refractivity contribution in [2.24, 2.45) is 0 Å². The van der Waals surface area contributed by atoms with E-state index in [1.165, 1.54) is 13.3 Å². The van der Waals surface area contributed by atoms with Gasteiger partial charge in [0.2, 0.25) is 12.2 Å². The van der Waals surface area contributed by atoms with E-state index in [-0.39, 0.29) is 12.4 Å². The average Bonchev–Trinajstić information content (AvgIpc) is 2.83. The molecule has 1 aromatic heterocycles. The summed E-state index contributed by atoms with van der Waals surface area (Å²) in [6, 6.07) is 3.23. The van der Waals surface area contributed by atoms with Crippen LogP contribution in [-0.4, -0.2) is 24.9 Å². The Kier molecular flexibility index (Phi) is 2.22. The number of hydrogen-bond donors (Lipinski definition) is 1. The van der Waals surface area contributed by atoms with Crippen LogP contribution in [-0.2, 0) is 4.74 Å². The Morgan fingerprint density at radius 1 is 1.33 bits per heavy atom. The maximum absolute atomic E-state index is 12.1. The first-order valence-electron chi connectivity index (χ1n) is 5.24. The lowest BCUT2D eigenvalue weighted by molar-refractivity contribution is 0.0599. The fraction of sp³-hybridized carbons (Fsp3) is 0.167. The third-order valence-corrected chi connectivity index (χ3v) is 2.78. The second-order valence-electron chi connectivity index (χ2n) is 3.77. The molecule has 0 fully saturated rings. The zero-order valence-corrected chi connectivity index (χ0v) is 9.48. The Morgan fingerprint density at radius 3 is 2.78 bits per heavy atom. The summed E-state index contributed by atoms with van der Waals surface area (Å²) in [6.45, 7) is 0.129. The number of carbonyl (C=O) groups is 1. The summed E-state index contributed by atoms with van der Waals surface area (Å²) in [5, 5.41) is 0.363. The van der Waals surface area contributed by atoms with E-state index < -0.39 is 11.4 Å². The van der Waals surface area contributed by atoms with E-state index in [1.807, 2.05) is 0 Å². The molecule has 6 heteroatoms. The number of ether oxygens (including phenoxy) is 3. The van der Waals surface area contributed by atoms with Gasteiger partial charge in [0, 0.05) is 12.3 Å². The van der Waals surface area contributed by atoms with Gasteiger partial charge in [-0.3, -0.25) is 4.79 Å². The Hall–Kier alpha value is -2.50. The van der Waals surface area contributed by atoms with Crippen LogP contribution in [0.1, 0.15) is 10.4 Å². The number of methoxy groups -OCH3 is 1. The predicted octanol–water partition coefficient (Wildman–Crippen LogP) is 1.04. The van der Waals surface area contributed by atoms with Gasteiger partial charge in [-0.1, -0.05) is 0 Å². The molecule has 0 atom stereocenters. The normalized spacial score (nSPS) is 12.7. The van der Waals surface area contributed by atoms with Gasteiger partial charge >= 0.3 is 5.97 Å². The highest BCUT2D eigenvalue weighted by Gasteiger charge is 2.18. The number of nitrogens with one attached hydrogen (secondary N) is 1. The first-order chi connectivity index (χ1) is 8.70. The van der Waals surface area contributed by atoms with Crippen LogP contribution in [0.4, 0.5) is 0 Å². The SMILES string of the molecule is COC(=O)c1c[nH]c2cc3c(cc2c1=O)OCO3. The van der Waals surface area contributed by atoms with Crippen LogP contribution in [0.25, 0.3) is 10.9 Å². The molecule has 0 spiro atoms. The summed E-state index contributed by atoms with van der Waals surface area (Å²) < 4.78 is 15.0. The first-order valence-corrected chi connectivity index (χ1v) is 5.24. The molecule has 2 aromatic rings. The van der Waals surface area contributed by atoms with Gasteiger partial charge in [-0.2, -0.15) is 0 Å². The summed E-state index contributed by atoms with van der Waals surface area (Å²) in [5.41, 5.74) is 0.148. The van der Waals surface area contributed by atoms with Crippen LogP contribution >= 0.6 is 0 Å². The van der Waals surface area contributed by atoms with E-state index in [0.29, 0.717) is 22.4 Å². The zero-order valence-electron chi connectivity index (χ0n) is 9.48. The monoisotopic (exact) mass is 247 g/mol. The molecule has 2 heterocycles. The van der Waals surface area contributed by atoms with Gasteiger partial charge in [0.15, 0.2) is 11.5 Å². The molecule has 0 amide bonds. The summed E-state index contributed by atoms with van der Waals surface area (Å²) in [5.74, 6) is 0.398. The molecule has 0 aliphatic carbocycles. The number of esters is 1. The molecule has 0 radical (unpaired) electrons. The zero-order chi connectivity index (χ0) is 12.7. The minimum absolute atomic E-state index is 0.0381. The van der Waals surface area contributed by atoms with E-state index in [9.17, 15) is 9.59 Å². The quantitative estimate of drug-likeness (QED) is 0.762. The number of pyridine rings is 1. The van der Waals surface area contributed by atoms with Gasteiger partial charge in [-0.25, -0.2) is 4.79 Å². The number of aromatic nitrogens is 1. The maximum atomic E-state index is 12.1. The third kappa shape index (κ3) is 1.42. The number of hydrogen-bond acceptors (Lipinski definition) is 5. The molecule has 1 aliphatic heterocycles. The molecule has 0 saturated carbocycles. The van der Waals surface area contributed by atoms with E-state index >= 15 is 0 Å². The maximum Gasteiger partial charge on any atom is 0.343 e. The predicted molar refractivity (Wildman–Crippen MR) is 62.0 cm³/mol. The lowest BCUT2D eigenvalue weighted by Gasteiger charge is -2.03. The minimum Gasteiger partial charge on any atom is -0.465 e. The highest BCUT2D eigenvalue weighted by Crippen LogP contribution is 2.34. The number of aromatic amines is 1. The Morgan fingerprint density at radius 2 is 2.06 bits per heavy atom. The van der Waals surface area contributed by atoms with Crippen LogP contribution in [0, 0.1) is 0 Å². The van der Waals surface area contributed by atoms with Crippen molar-refractivity contribution in [3.63, 3.8) is 0 Å². The fourth-order valence-corrected chi connectivity index (χ4v) is 1.87. The molecule has 1 N–H and O–H groups in total. The molecule has 6 nitrogen and oxygen atoms in total. The summed E-state index contributed by atoms with van der Waals surface area (Å²) in [4.78, 5) is 26.4. The largest absolute Gasteiger partial charge is 0.465 e. The topological polar surface area (TPSA) is 77.6 Å². The molecular formula is C12H9NO5. The van der Waals surface area contributed by atoms with Gasteiger partial charge in [0.05, 0.1) is 18.0 Å². The number of fused-ring (bicyclic) bond motifs is 2. The summed E-state index contributed by atoms with van der Waals surface area (Å²) >= 11 is 0. The average molecular weight is 247 g/mol. The van der Waals surface area contributed by atoms with Crippen molar-refractivity contribution in [2.75, 3.05) is 13.9 Å². The van der Waals surface area contributed by atoms with Crippen LogP contribution in [0.2, 0.25) is 0 Å². The fourth-order valence-electron chi connectivity index (χ4n) is 1.87. The first kappa shape index (κ1) is 10.6. The molecule has 0 bridgehead atoms. The molecule has 18 heavy (non-hydrogen) atoms. The van der Waals surface area contributed by atoms with Gasteiger partial charge in [0.25, 0.3) is 0 Å². The molecule has 92 valence electrons. The molecular weight excluding hydrogens is 238 g/mol. The van der Waals surface area contributed by atoms with Crippen LogP contribution < -0.4 is 14.9 Å². The molecule has 0 unspecified atom stereocenters. The Bertz CT molecular complexity index is 703. The summed E-state index contributed by atoms with van der Waals surface area (Å²) in [6.07, 6.45) is 1.33. The van der Waals surface area contributed by atoms with Crippen molar-refractivity contribution in [3.05, 3.63) is 34.1 Å². The highest BCUT2D eigenvalue weighted by molar-refractivity contribution is 5.94. The molecule has 0 saturated heterocycles. The lowest BCUT2D eigenvalue weighted by Crippen LogP contribution is -2.16. The van der Waals surface area contributed by atoms with Crippen molar-refractivity contribution in [1.82, 2.24) is 4.98 Å². The number of carbonyl (C=O) groups excluding carboxylic acids is 1. The standard InChI is InChI=1S/C12H9NO5/c1-16-12(15)7-4-13-8-3-10-9(17-5-18-10)2-6(8)11(7)14/h2-4H,5H2,1H3,(H,13,14). The second kappa shape index (κ2) is 3.76. The van der Waals surface area contributed by atoms with E-state index in [0.717, 1.165) is 0 Å². The van der Waals surface area contributed by atoms with Crippen molar-refractivity contribution >= 4 is 16.9 Å². The Balaban J connectivity index is 2.29. The van der Waals surface area contributed by atoms with Crippen molar-refractivity contribution in [3.8, 4) is 11.5 Å². The van der Waals surface area contributed by atoms with Gasteiger partial charge < -0.3 is 19.2 Å². The van der Waals surface area contributed by atoms with Gasteiger partial charge in [0.1, 0.15) is 5.56 Å². The van der Waals surface area contributed by atoms with Crippen LogP contribution in [0.5, 0.6) is 11.5 Å². The van der Waals surface area contributed by atoms with Crippen molar-refractivity contribution in [1.29, 1.82) is 0 Å². The van der Waals surface area contributed by atoms with Crippen molar-refractivity contribution < 1.29 is 19.0 Å².